The summed E-state index contributed by atoms with van der Waals surface area (Å²) in [5, 5.41) is 3.59. The van der Waals surface area contributed by atoms with E-state index in [1.54, 1.807) is 0 Å². The van der Waals surface area contributed by atoms with E-state index in [9.17, 15) is 0 Å². The number of aromatic nitrogens is 3. The molecule has 1 aliphatic heterocycles. The lowest BCUT2D eigenvalue weighted by Gasteiger charge is -2.19. The number of imidazole rings is 1. The molecule has 130 valence electrons. The second-order valence-electron chi connectivity index (χ2n) is 6.81. The number of ether oxygens (including phenoxy) is 1. The number of fused-ring (bicyclic) bond motifs is 1. The zero-order valence-electron chi connectivity index (χ0n) is 14.8. The predicted molar refractivity (Wildman–Crippen MR) is 97.4 cm³/mol. The third-order valence-corrected chi connectivity index (χ3v) is 4.92. The molecule has 1 fully saturated rings. The van der Waals surface area contributed by atoms with Gasteiger partial charge in [0.1, 0.15) is 0 Å². The highest BCUT2D eigenvalue weighted by Gasteiger charge is 2.29. The van der Waals surface area contributed by atoms with Crippen LogP contribution in [0.2, 0.25) is 0 Å². The van der Waals surface area contributed by atoms with Gasteiger partial charge in [-0.25, -0.2) is 9.97 Å². The fourth-order valence-electron chi connectivity index (χ4n) is 3.76. The number of nitrogens with zero attached hydrogens (tertiary/aromatic N) is 3. The Balaban J connectivity index is 1.43. The summed E-state index contributed by atoms with van der Waals surface area (Å²) in [6, 6.07) is 12.6. The van der Waals surface area contributed by atoms with Crippen molar-refractivity contribution < 1.29 is 4.74 Å². The molecule has 0 spiro atoms. The van der Waals surface area contributed by atoms with E-state index in [1.807, 2.05) is 13.1 Å². The summed E-state index contributed by atoms with van der Waals surface area (Å²) in [5.74, 6) is 1.28. The zero-order valence-corrected chi connectivity index (χ0v) is 14.8. The van der Waals surface area contributed by atoms with Crippen molar-refractivity contribution in [2.24, 2.45) is 5.92 Å². The van der Waals surface area contributed by atoms with Gasteiger partial charge >= 0.3 is 0 Å². The predicted octanol–water partition coefficient (Wildman–Crippen LogP) is 3.21. The van der Waals surface area contributed by atoms with E-state index in [4.69, 9.17) is 4.74 Å². The summed E-state index contributed by atoms with van der Waals surface area (Å²) >= 11 is 0. The van der Waals surface area contributed by atoms with Gasteiger partial charge in [0, 0.05) is 37.0 Å². The average molecular weight is 336 g/mol. The Morgan fingerprint density at radius 3 is 2.92 bits per heavy atom. The van der Waals surface area contributed by atoms with Gasteiger partial charge in [0.05, 0.1) is 18.0 Å². The first-order chi connectivity index (χ1) is 12.2. The van der Waals surface area contributed by atoms with Crippen molar-refractivity contribution in [3.05, 3.63) is 65.2 Å². The Morgan fingerprint density at radius 2 is 2.08 bits per heavy atom. The normalized spacial score (nSPS) is 20.4. The zero-order chi connectivity index (χ0) is 17.2. The van der Waals surface area contributed by atoms with Crippen molar-refractivity contribution in [2.75, 3.05) is 13.2 Å². The van der Waals surface area contributed by atoms with Crippen molar-refractivity contribution in [1.82, 2.24) is 19.7 Å². The van der Waals surface area contributed by atoms with Crippen molar-refractivity contribution in [2.45, 2.75) is 32.9 Å². The molecule has 4 rings (SSSR count). The number of benzene rings is 1. The van der Waals surface area contributed by atoms with Crippen LogP contribution in [-0.4, -0.2) is 27.5 Å². The molecule has 0 radical (unpaired) electrons. The molecule has 0 saturated carbocycles. The van der Waals surface area contributed by atoms with E-state index in [-0.39, 0.29) is 6.10 Å². The molecule has 0 aliphatic carbocycles. The maximum absolute atomic E-state index is 5.97. The van der Waals surface area contributed by atoms with E-state index in [2.05, 4.69) is 63.0 Å². The Morgan fingerprint density at radius 1 is 1.24 bits per heavy atom. The Hall–Kier alpha value is -2.24. The van der Waals surface area contributed by atoms with Gasteiger partial charge in [-0.15, -0.1) is 0 Å². The Labute approximate surface area is 148 Å². The van der Waals surface area contributed by atoms with Crippen molar-refractivity contribution in [3.8, 4) is 0 Å². The van der Waals surface area contributed by atoms with Crippen LogP contribution in [0.5, 0.6) is 0 Å². The standard InChI is InChI=1S/C20H24N4O/c1-14-10-15(2)24-18(13-22-20(24)23-14)12-21-11-17-8-9-25-19(17)16-6-4-3-5-7-16/h3-7,10,13,17,19,21H,8-9,11-12H2,1-2H3/t17-,19-/m1/s1. The molecular formula is C20H24N4O. The molecular weight excluding hydrogens is 312 g/mol. The molecule has 0 bridgehead atoms. The van der Waals surface area contributed by atoms with E-state index < -0.39 is 0 Å². The summed E-state index contributed by atoms with van der Waals surface area (Å²) in [4.78, 5) is 8.94. The van der Waals surface area contributed by atoms with Gasteiger partial charge in [0.25, 0.3) is 0 Å². The van der Waals surface area contributed by atoms with Crippen LogP contribution < -0.4 is 5.32 Å². The van der Waals surface area contributed by atoms with Gasteiger partial charge < -0.3 is 10.1 Å². The fraction of sp³-hybridized carbons (Fsp3) is 0.400. The lowest BCUT2D eigenvalue weighted by molar-refractivity contribution is 0.0904. The fourth-order valence-corrected chi connectivity index (χ4v) is 3.76. The van der Waals surface area contributed by atoms with Gasteiger partial charge in [-0.1, -0.05) is 30.3 Å². The lowest BCUT2D eigenvalue weighted by atomic mass is 9.95. The van der Waals surface area contributed by atoms with Gasteiger partial charge in [-0.2, -0.15) is 0 Å². The Bertz CT molecular complexity index is 859. The van der Waals surface area contributed by atoms with Gasteiger partial charge in [-0.05, 0) is 31.9 Å². The van der Waals surface area contributed by atoms with Crippen LogP contribution in [0.15, 0.2) is 42.6 Å². The topological polar surface area (TPSA) is 51.5 Å². The molecule has 1 aromatic carbocycles. The SMILES string of the molecule is Cc1cc(C)n2c(CNC[C@H]3CCO[C@@H]3c3ccccc3)cnc2n1. The summed E-state index contributed by atoms with van der Waals surface area (Å²) in [6.45, 7) is 6.66. The lowest BCUT2D eigenvalue weighted by Crippen LogP contribution is -2.25. The maximum atomic E-state index is 5.97. The molecule has 5 heteroatoms. The summed E-state index contributed by atoms with van der Waals surface area (Å²) in [7, 11) is 0. The quantitative estimate of drug-likeness (QED) is 0.777. The largest absolute Gasteiger partial charge is 0.373 e. The maximum Gasteiger partial charge on any atom is 0.234 e. The monoisotopic (exact) mass is 336 g/mol. The van der Waals surface area contributed by atoms with Crippen LogP contribution in [0.25, 0.3) is 5.78 Å². The van der Waals surface area contributed by atoms with Crippen LogP contribution in [0.3, 0.4) is 0 Å². The minimum atomic E-state index is 0.196. The Kier molecular flexibility index (Phi) is 4.51. The van der Waals surface area contributed by atoms with Crippen LogP contribution in [0, 0.1) is 19.8 Å². The molecule has 3 heterocycles. The van der Waals surface area contributed by atoms with Crippen molar-refractivity contribution in [3.63, 3.8) is 0 Å². The van der Waals surface area contributed by atoms with Crippen molar-refractivity contribution >= 4 is 5.78 Å². The van der Waals surface area contributed by atoms with Crippen LogP contribution in [0.1, 0.15) is 35.2 Å². The molecule has 2 atom stereocenters. The number of hydrogen-bond donors (Lipinski definition) is 1. The first-order valence-electron chi connectivity index (χ1n) is 8.90. The molecule has 1 N–H and O–H groups in total. The highest BCUT2D eigenvalue weighted by Crippen LogP contribution is 2.33. The second-order valence-corrected chi connectivity index (χ2v) is 6.81. The summed E-state index contributed by atoms with van der Waals surface area (Å²) in [6.07, 6.45) is 3.21. The first-order valence-corrected chi connectivity index (χ1v) is 8.90. The summed E-state index contributed by atoms with van der Waals surface area (Å²) < 4.78 is 8.10. The highest BCUT2D eigenvalue weighted by molar-refractivity contribution is 5.35. The smallest absolute Gasteiger partial charge is 0.234 e. The molecule has 1 saturated heterocycles. The molecule has 0 amide bonds. The third-order valence-electron chi connectivity index (χ3n) is 4.92. The molecule has 2 aromatic heterocycles. The minimum Gasteiger partial charge on any atom is -0.373 e. The minimum absolute atomic E-state index is 0.196. The average Bonchev–Trinajstić information content (AvgIpc) is 3.23. The first kappa shape index (κ1) is 16.2. The third kappa shape index (κ3) is 3.30. The highest BCUT2D eigenvalue weighted by atomic mass is 16.5. The molecule has 0 unspecified atom stereocenters. The summed E-state index contributed by atoms with van der Waals surface area (Å²) in [5.41, 5.74) is 4.60. The van der Waals surface area contributed by atoms with E-state index in [0.717, 1.165) is 43.3 Å². The van der Waals surface area contributed by atoms with E-state index in [0.29, 0.717) is 5.92 Å². The van der Waals surface area contributed by atoms with Gasteiger partial charge in [-0.3, -0.25) is 4.40 Å². The molecule has 1 aliphatic rings. The van der Waals surface area contributed by atoms with Crippen LogP contribution in [-0.2, 0) is 11.3 Å². The molecule has 3 aromatic rings. The van der Waals surface area contributed by atoms with Crippen LogP contribution >= 0.6 is 0 Å². The number of rotatable bonds is 5. The second kappa shape index (κ2) is 6.94. The van der Waals surface area contributed by atoms with Crippen LogP contribution in [0.4, 0.5) is 0 Å². The number of hydrogen-bond acceptors (Lipinski definition) is 4. The van der Waals surface area contributed by atoms with E-state index in [1.165, 1.54) is 11.3 Å². The van der Waals surface area contributed by atoms with E-state index >= 15 is 0 Å². The van der Waals surface area contributed by atoms with Gasteiger partial charge in [0.15, 0.2) is 0 Å². The molecule has 5 nitrogen and oxygen atoms in total. The van der Waals surface area contributed by atoms with Gasteiger partial charge in [0.2, 0.25) is 5.78 Å². The number of aryl methyl sites for hydroxylation is 2. The van der Waals surface area contributed by atoms with Crippen molar-refractivity contribution in [1.29, 1.82) is 0 Å². The molecule has 25 heavy (non-hydrogen) atoms. The number of nitrogens with one attached hydrogen (secondary N) is 1.